The fourth-order valence-electron chi connectivity index (χ4n) is 2.22. The molecule has 1 atom stereocenters. The van der Waals surface area contributed by atoms with Gasteiger partial charge in [0.15, 0.2) is 0 Å². The van der Waals surface area contributed by atoms with Crippen LogP contribution in [0.15, 0.2) is 18.2 Å². The Hall–Kier alpha value is -2.51. The van der Waals surface area contributed by atoms with Crippen LogP contribution in [-0.2, 0) is 4.79 Å². The lowest BCUT2D eigenvalue weighted by molar-refractivity contribution is -0.387. The Balaban J connectivity index is 2.27. The minimum atomic E-state index is -1.12. The molecule has 2 rings (SSSR count). The molecule has 0 aliphatic carbocycles. The molecule has 1 amide bonds. The maximum absolute atomic E-state index is 13.5. The van der Waals surface area contributed by atoms with E-state index in [1.807, 2.05) is 0 Å². The number of carboxylic acid groups (broad SMARTS) is 1. The average molecular weight is 282 g/mol. The highest BCUT2D eigenvalue weighted by Gasteiger charge is 2.34. The summed E-state index contributed by atoms with van der Waals surface area (Å²) in [6, 6.07) is 1.85. The lowest BCUT2D eigenvalue weighted by Gasteiger charge is -2.21. The largest absolute Gasteiger partial charge is 0.480 e. The van der Waals surface area contributed by atoms with Gasteiger partial charge >= 0.3 is 11.7 Å². The summed E-state index contributed by atoms with van der Waals surface area (Å²) in [5, 5.41) is 19.5. The van der Waals surface area contributed by atoms with Crippen molar-refractivity contribution in [1.29, 1.82) is 0 Å². The molecule has 8 heteroatoms. The number of carboxylic acids is 1. The molecule has 0 spiro atoms. The maximum atomic E-state index is 13.5. The molecule has 1 aliphatic rings. The van der Waals surface area contributed by atoms with Crippen LogP contribution in [0.4, 0.5) is 10.1 Å². The van der Waals surface area contributed by atoms with Gasteiger partial charge in [0.05, 0.1) is 4.92 Å². The first-order valence-corrected chi connectivity index (χ1v) is 5.89. The van der Waals surface area contributed by atoms with Crippen molar-refractivity contribution >= 4 is 17.6 Å². The number of carbonyl (C=O) groups is 2. The number of benzene rings is 1. The smallest absolute Gasteiger partial charge is 0.326 e. The highest BCUT2D eigenvalue weighted by Crippen LogP contribution is 2.23. The molecule has 106 valence electrons. The summed E-state index contributed by atoms with van der Waals surface area (Å²) in [5.41, 5.74) is -0.820. The molecule has 0 bridgehead atoms. The van der Waals surface area contributed by atoms with Gasteiger partial charge in [0.2, 0.25) is 5.82 Å². The Morgan fingerprint density at radius 2 is 2.15 bits per heavy atom. The van der Waals surface area contributed by atoms with E-state index in [-0.39, 0.29) is 12.1 Å². The number of hydrogen-bond donors (Lipinski definition) is 1. The van der Waals surface area contributed by atoms with Crippen LogP contribution in [0.25, 0.3) is 0 Å². The summed E-state index contributed by atoms with van der Waals surface area (Å²) in [6.07, 6.45) is 0.898. The summed E-state index contributed by atoms with van der Waals surface area (Å²) >= 11 is 0. The number of aliphatic carboxylic acids is 1. The number of hydrogen-bond acceptors (Lipinski definition) is 4. The van der Waals surface area contributed by atoms with Crippen molar-refractivity contribution < 1.29 is 24.0 Å². The van der Waals surface area contributed by atoms with Crippen LogP contribution in [0, 0.1) is 15.9 Å². The molecule has 0 radical (unpaired) electrons. The van der Waals surface area contributed by atoms with Crippen LogP contribution >= 0.6 is 0 Å². The number of carbonyl (C=O) groups excluding carboxylic acids is 1. The van der Waals surface area contributed by atoms with E-state index < -0.39 is 34.3 Å². The third kappa shape index (κ3) is 2.44. The highest BCUT2D eigenvalue weighted by molar-refractivity contribution is 5.97. The predicted molar refractivity (Wildman–Crippen MR) is 64.7 cm³/mol. The quantitative estimate of drug-likeness (QED) is 0.667. The zero-order chi connectivity index (χ0) is 14.9. The van der Waals surface area contributed by atoms with E-state index in [0.29, 0.717) is 12.8 Å². The van der Waals surface area contributed by atoms with E-state index in [9.17, 15) is 24.1 Å². The van der Waals surface area contributed by atoms with Gasteiger partial charge in [-0.25, -0.2) is 4.79 Å². The second kappa shape index (κ2) is 5.24. The number of nitrogens with zero attached hydrogens (tertiary/aromatic N) is 2. The number of nitro groups is 1. The Bertz CT molecular complexity index is 589. The molecule has 7 nitrogen and oxygen atoms in total. The van der Waals surface area contributed by atoms with Gasteiger partial charge < -0.3 is 10.0 Å². The van der Waals surface area contributed by atoms with Gasteiger partial charge in [-0.1, -0.05) is 0 Å². The van der Waals surface area contributed by atoms with Crippen LogP contribution in [0.5, 0.6) is 0 Å². The zero-order valence-corrected chi connectivity index (χ0v) is 10.3. The van der Waals surface area contributed by atoms with Crippen molar-refractivity contribution in [2.45, 2.75) is 18.9 Å². The number of nitro benzene ring substituents is 1. The topological polar surface area (TPSA) is 101 Å². The van der Waals surface area contributed by atoms with Crippen molar-refractivity contribution in [3.8, 4) is 0 Å². The first-order valence-electron chi connectivity index (χ1n) is 5.89. The minimum Gasteiger partial charge on any atom is -0.480 e. The summed E-state index contributed by atoms with van der Waals surface area (Å²) in [6.45, 7) is 0.272. The molecule has 20 heavy (non-hydrogen) atoms. The SMILES string of the molecule is O=C(O)[C@@H]1CCCN1C(=O)c1ccc([N+](=O)[O-])c(F)c1. The number of rotatable bonds is 3. The monoisotopic (exact) mass is 282 g/mol. The van der Waals surface area contributed by atoms with Gasteiger partial charge in [-0.05, 0) is 25.0 Å². The van der Waals surface area contributed by atoms with Gasteiger partial charge in [0.1, 0.15) is 6.04 Å². The predicted octanol–water partition coefficient (Wildman–Crippen LogP) is 1.42. The van der Waals surface area contributed by atoms with Crippen LogP contribution in [0.1, 0.15) is 23.2 Å². The third-order valence-corrected chi connectivity index (χ3v) is 3.19. The van der Waals surface area contributed by atoms with Crippen molar-refractivity contribution in [2.75, 3.05) is 6.54 Å². The van der Waals surface area contributed by atoms with Crippen molar-refractivity contribution in [3.63, 3.8) is 0 Å². The van der Waals surface area contributed by atoms with Crippen molar-refractivity contribution in [3.05, 3.63) is 39.7 Å². The fraction of sp³-hybridized carbons (Fsp3) is 0.333. The van der Waals surface area contributed by atoms with Gasteiger partial charge in [0, 0.05) is 18.2 Å². The van der Waals surface area contributed by atoms with E-state index in [1.54, 1.807) is 0 Å². The summed E-state index contributed by atoms with van der Waals surface area (Å²) in [7, 11) is 0. The van der Waals surface area contributed by atoms with Gasteiger partial charge in [-0.3, -0.25) is 14.9 Å². The van der Waals surface area contributed by atoms with Gasteiger partial charge in [0.25, 0.3) is 5.91 Å². The molecule has 1 aliphatic heterocycles. The summed E-state index contributed by atoms with van der Waals surface area (Å²) in [5.74, 6) is -2.87. The molecule has 1 heterocycles. The molecule has 1 N–H and O–H groups in total. The summed E-state index contributed by atoms with van der Waals surface area (Å²) < 4.78 is 13.5. The van der Waals surface area contributed by atoms with E-state index in [1.165, 1.54) is 0 Å². The lowest BCUT2D eigenvalue weighted by Crippen LogP contribution is -2.40. The molecule has 1 aromatic rings. The van der Waals surface area contributed by atoms with Crippen LogP contribution < -0.4 is 0 Å². The van der Waals surface area contributed by atoms with E-state index in [2.05, 4.69) is 0 Å². The number of amides is 1. The van der Waals surface area contributed by atoms with Crippen molar-refractivity contribution in [2.24, 2.45) is 0 Å². The van der Waals surface area contributed by atoms with Crippen LogP contribution in [-0.4, -0.2) is 39.4 Å². The Labute approximate surface area is 112 Å². The molecule has 0 unspecified atom stereocenters. The Morgan fingerprint density at radius 3 is 2.70 bits per heavy atom. The van der Waals surface area contributed by atoms with Gasteiger partial charge in [-0.15, -0.1) is 0 Å². The number of halogens is 1. The Morgan fingerprint density at radius 1 is 1.45 bits per heavy atom. The third-order valence-electron chi connectivity index (χ3n) is 3.19. The molecule has 1 fully saturated rings. The van der Waals surface area contributed by atoms with Crippen LogP contribution in [0.3, 0.4) is 0 Å². The molecule has 0 aromatic heterocycles. The molecule has 1 saturated heterocycles. The molecule has 1 aromatic carbocycles. The summed E-state index contributed by atoms with van der Waals surface area (Å²) in [4.78, 5) is 33.9. The standard InChI is InChI=1S/C12H11FN2O5/c13-8-6-7(3-4-9(8)15(19)20)11(16)14-5-1-2-10(14)12(17)18/h3-4,6,10H,1-2,5H2,(H,17,18)/t10-/m0/s1. The minimum absolute atomic E-state index is 0.0961. The van der Waals surface area contributed by atoms with Gasteiger partial charge in [-0.2, -0.15) is 4.39 Å². The lowest BCUT2D eigenvalue weighted by atomic mass is 10.1. The molecule has 0 saturated carbocycles. The van der Waals surface area contributed by atoms with E-state index >= 15 is 0 Å². The van der Waals surface area contributed by atoms with E-state index in [4.69, 9.17) is 5.11 Å². The highest BCUT2D eigenvalue weighted by atomic mass is 19.1. The normalized spacial score (nSPS) is 18.1. The number of likely N-dealkylation sites (tertiary alicyclic amines) is 1. The second-order valence-electron chi connectivity index (χ2n) is 4.42. The second-order valence-corrected chi connectivity index (χ2v) is 4.42. The first kappa shape index (κ1) is 13.9. The fourth-order valence-corrected chi connectivity index (χ4v) is 2.22. The maximum Gasteiger partial charge on any atom is 0.326 e. The van der Waals surface area contributed by atoms with Crippen LogP contribution in [0.2, 0.25) is 0 Å². The van der Waals surface area contributed by atoms with Crippen molar-refractivity contribution in [1.82, 2.24) is 4.90 Å². The van der Waals surface area contributed by atoms with E-state index in [0.717, 1.165) is 23.1 Å². The Kier molecular flexibility index (Phi) is 3.64. The zero-order valence-electron chi connectivity index (χ0n) is 10.3. The average Bonchev–Trinajstić information content (AvgIpc) is 2.86. The molecular formula is C12H11FN2O5. The first-order chi connectivity index (χ1) is 9.41. The molecular weight excluding hydrogens is 271 g/mol.